The fraction of sp³-hybridized carbons (Fsp3) is 0.818. The van der Waals surface area contributed by atoms with Crippen molar-refractivity contribution in [3.63, 3.8) is 0 Å². The monoisotopic (exact) mass is 210 g/mol. The van der Waals surface area contributed by atoms with Crippen molar-refractivity contribution in [3.05, 3.63) is 0 Å². The average molecular weight is 210 g/mol. The number of carboxylic acids is 1. The van der Waals surface area contributed by atoms with Gasteiger partial charge in [0, 0.05) is 6.54 Å². The van der Waals surface area contributed by atoms with Gasteiger partial charge in [0.1, 0.15) is 0 Å². The van der Waals surface area contributed by atoms with E-state index < -0.39 is 11.4 Å². The number of likely N-dealkylation sites (tertiary alicyclic amines) is 1. The largest absolute Gasteiger partial charge is 0.481 e. The number of hydrogen-bond acceptors (Lipinski definition) is 3. The predicted molar refractivity (Wildman–Crippen MR) is 56.2 cm³/mol. The summed E-state index contributed by atoms with van der Waals surface area (Å²) in [6.45, 7) is 5.07. The molecular formula is C11H18N2O2. The van der Waals surface area contributed by atoms with Crippen LogP contribution in [0.2, 0.25) is 0 Å². The van der Waals surface area contributed by atoms with Gasteiger partial charge in [0.2, 0.25) is 0 Å². The maximum Gasteiger partial charge on any atom is 0.310 e. The molecule has 4 nitrogen and oxygen atoms in total. The quantitative estimate of drug-likeness (QED) is 0.766. The maximum atomic E-state index is 11.1. The summed E-state index contributed by atoms with van der Waals surface area (Å²) in [4.78, 5) is 13.1. The van der Waals surface area contributed by atoms with E-state index in [1.165, 1.54) is 0 Å². The zero-order chi connectivity index (χ0) is 11.5. The standard InChI is InChI=1S/C11H18N2O2/c1-3-9(7-12)13-6-4-5-11(2,8-13)10(14)15/h9H,3-6,8H2,1-2H3,(H,14,15). The minimum absolute atomic E-state index is 0.135. The second-order valence-electron chi connectivity index (χ2n) is 4.49. The molecule has 0 aromatic heterocycles. The Balaban J connectivity index is 2.72. The third kappa shape index (κ3) is 2.48. The van der Waals surface area contributed by atoms with Crippen LogP contribution in [0.5, 0.6) is 0 Å². The van der Waals surface area contributed by atoms with Crippen LogP contribution in [0.15, 0.2) is 0 Å². The number of hydrogen-bond donors (Lipinski definition) is 1. The third-order valence-electron chi connectivity index (χ3n) is 3.22. The van der Waals surface area contributed by atoms with Crippen LogP contribution in [-0.4, -0.2) is 35.1 Å². The summed E-state index contributed by atoms with van der Waals surface area (Å²) in [5, 5.41) is 18.1. The Kier molecular flexibility index (Phi) is 3.70. The third-order valence-corrected chi connectivity index (χ3v) is 3.22. The van der Waals surface area contributed by atoms with Gasteiger partial charge in [-0.05, 0) is 32.7 Å². The maximum absolute atomic E-state index is 11.1. The van der Waals surface area contributed by atoms with Gasteiger partial charge in [-0.25, -0.2) is 0 Å². The molecule has 1 rings (SSSR count). The first-order valence-electron chi connectivity index (χ1n) is 5.40. The molecule has 1 heterocycles. The molecule has 0 saturated carbocycles. The van der Waals surface area contributed by atoms with Crippen LogP contribution in [0.4, 0.5) is 0 Å². The Labute approximate surface area is 90.5 Å². The molecule has 1 aliphatic rings. The number of aliphatic carboxylic acids is 1. The summed E-state index contributed by atoms with van der Waals surface area (Å²) in [6, 6.07) is 2.10. The van der Waals surface area contributed by atoms with E-state index in [1.807, 2.05) is 11.8 Å². The number of piperidine rings is 1. The topological polar surface area (TPSA) is 64.3 Å². The van der Waals surface area contributed by atoms with Crippen molar-refractivity contribution in [2.45, 2.75) is 39.2 Å². The molecule has 84 valence electrons. The van der Waals surface area contributed by atoms with Crippen molar-refractivity contribution in [3.8, 4) is 6.07 Å². The summed E-state index contributed by atoms with van der Waals surface area (Å²) in [7, 11) is 0. The lowest BCUT2D eigenvalue weighted by Gasteiger charge is -2.39. The highest BCUT2D eigenvalue weighted by atomic mass is 16.4. The zero-order valence-corrected chi connectivity index (χ0v) is 9.36. The molecular weight excluding hydrogens is 192 g/mol. The SMILES string of the molecule is CCC(C#N)N1CCCC(C)(C(=O)O)C1. The van der Waals surface area contributed by atoms with Crippen molar-refractivity contribution in [2.75, 3.05) is 13.1 Å². The van der Waals surface area contributed by atoms with Gasteiger partial charge in [-0.1, -0.05) is 6.92 Å². The normalized spacial score (nSPS) is 29.4. The number of rotatable bonds is 3. The Bertz CT molecular complexity index is 285. The molecule has 1 saturated heterocycles. The molecule has 0 aliphatic carbocycles. The van der Waals surface area contributed by atoms with Crippen molar-refractivity contribution < 1.29 is 9.90 Å². The lowest BCUT2D eigenvalue weighted by molar-refractivity contribution is -0.151. The molecule has 2 atom stereocenters. The van der Waals surface area contributed by atoms with Gasteiger partial charge in [-0.3, -0.25) is 9.69 Å². The van der Waals surface area contributed by atoms with Crippen LogP contribution in [0, 0.1) is 16.7 Å². The fourth-order valence-corrected chi connectivity index (χ4v) is 2.15. The van der Waals surface area contributed by atoms with Gasteiger partial charge in [0.05, 0.1) is 17.5 Å². The summed E-state index contributed by atoms with van der Waals surface area (Å²) < 4.78 is 0. The number of carbonyl (C=O) groups is 1. The summed E-state index contributed by atoms with van der Waals surface area (Å²) in [6.07, 6.45) is 2.33. The van der Waals surface area contributed by atoms with Crippen LogP contribution in [0.3, 0.4) is 0 Å². The van der Waals surface area contributed by atoms with Crippen molar-refractivity contribution in [1.29, 1.82) is 5.26 Å². The fourth-order valence-electron chi connectivity index (χ4n) is 2.15. The first-order valence-corrected chi connectivity index (χ1v) is 5.40. The van der Waals surface area contributed by atoms with Crippen molar-refractivity contribution >= 4 is 5.97 Å². The van der Waals surface area contributed by atoms with E-state index >= 15 is 0 Å². The van der Waals surface area contributed by atoms with Crippen molar-refractivity contribution in [2.24, 2.45) is 5.41 Å². The highest BCUT2D eigenvalue weighted by Gasteiger charge is 2.39. The van der Waals surface area contributed by atoms with E-state index in [-0.39, 0.29) is 6.04 Å². The van der Waals surface area contributed by atoms with Crippen LogP contribution < -0.4 is 0 Å². The van der Waals surface area contributed by atoms with E-state index in [0.717, 1.165) is 19.4 Å². The second-order valence-corrected chi connectivity index (χ2v) is 4.49. The predicted octanol–water partition coefficient (Wildman–Crippen LogP) is 1.48. The Morgan fingerprint density at radius 2 is 2.40 bits per heavy atom. The number of nitrogens with zero attached hydrogens (tertiary/aromatic N) is 2. The lowest BCUT2D eigenvalue weighted by atomic mass is 9.81. The van der Waals surface area contributed by atoms with Crippen LogP contribution in [0.25, 0.3) is 0 Å². The van der Waals surface area contributed by atoms with Gasteiger partial charge in [0.25, 0.3) is 0 Å². The molecule has 0 aromatic carbocycles. The van der Waals surface area contributed by atoms with Gasteiger partial charge < -0.3 is 5.11 Å². The molecule has 4 heteroatoms. The van der Waals surface area contributed by atoms with E-state index in [9.17, 15) is 4.79 Å². The van der Waals surface area contributed by atoms with Gasteiger partial charge in [-0.2, -0.15) is 5.26 Å². The summed E-state index contributed by atoms with van der Waals surface area (Å²) in [5.74, 6) is -0.750. The van der Waals surface area contributed by atoms with Crippen LogP contribution in [0.1, 0.15) is 33.1 Å². The number of nitriles is 1. The molecule has 1 aliphatic heterocycles. The zero-order valence-electron chi connectivity index (χ0n) is 9.36. The highest BCUT2D eigenvalue weighted by Crippen LogP contribution is 2.30. The molecule has 0 spiro atoms. The molecule has 0 amide bonds. The lowest BCUT2D eigenvalue weighted by Crippen LogP contribution is -2.49. The molecule has 0 radical (unpaired) electrons. The summed E-state index contributed by atoms with van der Waals surface area (Å²) >= 11 is 0. The van der Waals surface area contributed by atoms with Gasteiger partial charge in [0.15, 0.2) is 0 Å². The molecule has 15 heavy (non-hydrogen) atoms. The molecule has 1 fully saturated rings. The van der Waals surface area contributed by atoms with Crippen LogP contribution >= 0.6 is 0 Å². The minimum Gasteiger partial charge on any atom is -0.481 e. The summed E-state index contributed by atoms with van der Waals surface area (Å²) in [5.41, 5.74) is -0.678. The van der Waals surface area contributed by atoms with E-state index in [0.29, 0.717) is 13.0 Å². The first kappa shape index (κ1) is 12.0. The van der Waals surface area contributed by atoms with Crippen molar-refractivity contribution in [1.82, 2.24) is 4.90 Å². The Morgan fingerprint density at radius 1 is 1.73 bits per heavy atom. The Hall–Kier alpha value is -1.08. The molecule has 1 N–H and O–H groups in total. The van der Waals surface area contributed by atoms with Gasteiger partial charge in [-0.15, -0.1) is 0 Å². The smallest absolute Gasteiger partial charge is 0.310 e. The van der Waals surface area contributed by atoms with Gasteiger partial charge >= 0.3 is 5.97 Å². The average Bonchev–Trinajstić information content (AvgIpc) is 2.19. The Morgan fingerprint density at radius 3 is 2.87 bits per heavy atom. The van der Waals surface area contributed by atoms with E-state index in [1.54, 1.807) is 6.92 Å². The minimum atomic E-state index is -0.750. The van der Waals surface area contributed by atoms with Crippen LogP contribution in [-0.2, 0) is 4.79 Å². The first-order chi connectivity index (χ1) is 7.03. The van der Waals surface area contributed by atoms with E-state index in [4.69, 9.17) is 10.4 Å². The second kappa shape index (κ2) is 4.63. The molecule has 0 aromatic rings. The highest BCUT2D eigenvalue weighted by molar-refractivity contribution is 5.74. The van der Waals surface area contributed by atoms with E-state index in [2.05, 4.69) is 6.07 Å². The number of carboxylic acid groups (broad SMARTS) is 1. The molecule has 0 bridgehead atoms. The molecule has 2 unspecified atom stereocenters.